The van der Waals surface area contributed by atoms with Gasteiger partial charge in [-0.1, -0.05) is 12.1 Å². The molecule has 1 N–H and O–H groups in total. The van der Waals surface area contributed by atoms with E-state index in [4.69, 9.17) is 12.2 Å². The minimum atomic E-state index is 0.682. The Balaban J connectivity index is 1.35. The number of pyridine rings is 2. The van der Waals surface area contributed by atoms with Gasteiger partial charge in [-0.3, -0.25) is 10.4 Å². The fraction of sp³-hybridized carbons (Fsp3) is 0.368. The topological polar surface area (TPSA) is 56.7 Å². The van der Waals surface area contributed by atoms with E-state index in [1.165, 1.54) is 5.56 Å². The van der Waals surface area contributed by atoms with Crippen LogP contribution in [0.15, 0.2) is 47.8 Å². The van der Waals surface area contributed by atoms with Gasteiger partial charge in [0.05, 0.1) is 11.4 Å². The molecular formula is C19H22N6S. The highest BCUT2D eigenvalue weighted by Crippen LogP contribution is 2.19. The molecule has 2 aliphatic rings. The number of aryl methyl sites for hydroxylation is 1. The number of nitrogens with one attached hydrogen (secondary N) is 1. The molecule has 1 aliphatic carbocycles. The molecule has 0 spiro atoms. The van der Waals surface area contributed by atoms with Gasteiger partial charge in [-0.2, -0.15) is 5.10 Å². The smallest absolute Gasteiger partial charge is 0.189 e. The summed E-state index contributed by atoms with van der Waals surface area (Å²) in [6, 6.07) is 10.1. The van der Waals surface area contributed by atoms with Crippen molar-refractivity contribution >= 4 is 28.9 Å². The van der Waals surface area contributed by atoms with E-state index < -0.39 is 0 Å². The molecule has 26 heavy (non-hydrogen) atoms. The minimum Gasteiger partial charge on any atom is -0.353 e. The van der Waals surface area contributed by atoms with E-state index in [2.05, 4.69) is 36.4 Å². The summed E-state index contributed by atoms with van der Waals surface area (Å²) in [5.74, 6) is 1.02. The van der Waals surface area contributed by atoms with Crippen LogP contribution in [0.2, 0.25) is 0 Å². The van der Waals surface area contributed by atoms with Crippen LogP contribution >= 0.6 is 12.2 Å². The van der Waals surface area contributed by atoms with Crippen molar-refractivity contribution in [3.63, 3.8) is 0 Å². The predicted molar refractivity (Wildman–Crippen MR) is 107 cm³/mol. The lowest BCUT2D eigenvalue weighted by molar-refractivity contribution is 0.380. The van der Waals surface area contributed by atoms with Crippen molar-refractivity contribution in [2.75, 3.05) is 31.1 Å². The Morgan fingerprint density at radius 3 is 2.65 bits per heavy atom. The van der Waals surface area contributed by atoms with E-state index in [1.807, 2.05) is 36.7 Å². The lowest BCUT2D eigenvalue weighted by atomic mass is 9.95. The molecule has 0 saturated carbocycles. The molecule has 0 unspecified atom stereocenters. The molecule has 0 atom stereocenters. The van der Waals surface area contributed by atoms with Gasteiger partial charge in [-0.25, -0.2) is 4.98 Å². The molecule has 0 amide bonds. The number of fused-ring (bicyclic) bond motifs is 1. The van der Waals surface area contributed by atoms with E-state index in [0.717, 1.165) is 62.7 Å². The summed E-state index contributed by atoms with van der Waals surface area (Å²) in [6.45, 7) is 3.53. The summed E-state index contributed by atoms with van der Waals surface area (Å²) >= 11 is 5.55. The Hall–Kier alpha value is -2.54. The highest BCUT2D eigenvalue weighted by molar-refractivity contribution is 7.80. The Morgan fingerprint density at radius 2 is 1.85 bits per heavy atom. The highest BCUT2D eigenvalue weighted by Gasteiger charge is 2.20. The molecule has 2 aromatic rings. The van der Waals surface area contributed by atoms with E-state index in [0.29, 0.717) is 5.11 Å². The standard InChI is InChI=1S/C19H22N6S/c26-19(23-22-16-7-3-5-15-6-4-10-21-18(15)16)25-13-11-24(12-14-25)17-8-1-2-9-20-17/h1-2,4,6,8-10H,3,5,7,11-14H2,(H,23,26)/b22-16+. The van der Waals surface area contributed by atoms with Crippen LogP contribution in [0.25, 0.3) is 0 Å². The van der Waals surface area contributed by atoms with E-state index in [9.17, 15) is 0 Å². The van der Waals surface area contributed by atoms with Crippen LogP contribution in [-0.2, 0) is 6.42 Å². The van der Waals surface area contributed by atoms with Gasteiger partial charge in [0, 0.05) is 38.6 Å². The zero-order valence-electron chi connectivity index (χ0n) is 14.6. The molecule has 6 nitrogen and oxygen atoms in total. The Morgan fingerprint density at radius 1 is 1.00 bits per heavy atom. The van der Waals surface area contributed by atoms with Crippen LogP contribution in [0.4, 0.5) is 5.82 Å². The van der Waals surface area contributed by atoms with Crippen molar-refractivity contribution < 1.29 is 0 Å². The summed E-state index contributed by atoms with van der Waals surface area (Å²) < 4.78 is 0. The lowest BCUT2D eigenvalue weighted by Gasteiger charge is -2.36. The van der Waals surface area contributed by atoms with E-state index in [1.54, 1.807) is 0 Å². The van der Waals surface area contributed by atoms with Gasteiger partial charge in [-0.15, -0.1) is 0 Å². The van der Waals surface area contributed by atoms with Gasteiger partial charge in [0.1, 0.15) is 5.82 Å². The first-order chi connectivity index (χ1) is 12.8. The molecule has 0 aromatic carbocycles. The van der Waals surface area contributed by atoms with Crippen molar-refractivity contribution in [1.29, 1.82) is 0 Å². The van der Waals surface area contributed by atoms with Crippen molar-refractivity contribution in [3.8, 4) is 0 Å². The minimum absolute atomic E-state index is 0.682. The van der Waals surface area contributed by atoms with Crippen molar-refractivity contribution in [2.45, 2.75) is 19.3 Å². The zero-order chi connectivity index (χ0) is 17.8. The molecule has 3 heterocycles. The largest absolute Gasteiger partial charge is 0.353 e. The highest BCUT2D eigenvalue weighted by atomic mass is 32.1. The predicted octanol–water partition coefficient (Wildman–Crippen LogP) is 2.21. The van der Waals surface area contributed by atoms with Gasteiger partial charge >= 0.3 is 0 Å². The molecule has 1 fully saturated rings. The quantitative estimate of drug-likeness (QED) is 0.650. The van der Waals surface area contributed by atoms with Crippen LogP contribution in [-0.4, -0.2) is 51.9 Å². The molecular weight excluding hydrogens is 344 g/mol. The van der Waals surface area contributed by atoms with E-state index >= 15 is 0 Å². The van der Waals surface area contributed by atoms with Gasteiger partial charge in [0.15, 0.2) is 5.11 Å². The molecule has 1 aliphatic heterocycles. The maximum atomic E-state index is 5.55. The van der Waals surface area contributed by atoms with Gasteiger partial charge in [-0.05, 0) is 55.2 Å². The number of hydrazone groups is 1. The molecule has 4 rings (SSSR count). The lowest BCUT2D eigenvalue weighted by Crippen LogP contribution is -2.51. The molecule has 0 radical (unpaired) electrons. The number of hydrogen-bond acceptors (Lipinski definition) is 5. The molecule has 134 valence electrons. The average Bonchev–Trinajstić information content (AvgIpc) is 2.73. The van der Waals surface area contributed by atoms with Crippen LogP contribution in [0.5, 0.6) is 0 Å². The molecule has 1 saturated heterocycles. The monoisotopic (exact) mass is 366 g/mol. The summed E-state index contributed by atoms with van der Waals surface area (Å²) in [5, 5.41) is 5.25. The third kappa shape index (κ3) is 3.67. The first kappa shape index (κ1) is 16.9. The number of aromatic nitrogens is 2. The number of hydrogen-bond donors (Lipinski definition) is 1. The Kier molecular flexibility index (Phi) is 5.06. The Labute approximate surface area is 158 Å². The number of piperazine rings is 1. The normalized spacial score (nSPS) is 18.5. The first-order valence-corrected chi connectivity index (χ1v) is 9.44. The fourth-order valence-electron chi connectivity index (χ4n) is 3.44. The second kappa shape index (κ2) is 7.78. The third-order valence-electron chi connectivity index (χ3n) is 4.85. The zero-order valence-corrected chi connectivity index (χ0v) is 15.5. The van der Waals surface area contributed by atoms with Crippen LogP contribution < -0.4 is 10.3 Å². The number of anilines is 1. The second-order valence-electron chi connectivity index (χ2n) is 6.50. The van der Waals surface area contributed by atoms with Crippen molar-refractivity contribution in [2.24, 2.45) is 5.10 Å². The summed E-state index contributed by atoms with van der Waals surface area (Å²) in [5.41, 5.74) is 6.37. The molecule has 7 heteroatoms. The number of thiocarbonyl (C=S) groups is 1. The average molecular weight is 366 g/mol. The number of rotatable bonds is 2. The van der Waals surface area contributed by atoms with Gasteiger partial charge in [0.2, 0.25) is 0 Å². The van der Waals surface area contributed by atoms with E-state index in [-0.39, 0.29) is 0 Å². The third-order valence-corrected chi connectivity index (χ3v) is 5.20. The first-order valence-electron chi connectivity index (χ1n) is 9.03. The summed E-state index contributed by atoms with van der Waals surface area (Å²) in [6.07, 6.45) is 6.78. The summed E-state index contributed by atoms with van der Waals surface area (Å²) in [7, 11) is 0. The van der Waals surface area contributed by atoms with Crippen molar-refractivity contribution in [1.82, 2.24) is 20.3 Å². The van der Waals surface area contributed by atoms with Gasteiger partial charge in [0.25, 0.3) is 0 Å². The van der Waals surface area contributed by atoms with Crippen molar-refractivity contribution in [3.05, 3.63) is 54.0 Å². The van der Waals surface area contributed by atoms with Crippen LogP contribution in [0, 0.1) is 0 Å². The molecule has 2 aromatic heterocycles. The SMILES string of the molecule is S=C(N/N=C1\CCCc2cccnc21)N1CCN(c2ccccn2)CC1. The maximum Gasteiger partial charge on any atom is 0.189 e. The summed E-state index contributed by atoms with van der Waals surface area (Å²) in [4.78, 5) is 13.4. The van der Waals surface area contributed by atoms with Crippen LogP contribution in [0.3, 0.4) is 0 Å². The second-order valence-corrected chi connectivity index (χ2v) is 6.89. The Bertz CT molecular complexity index is 799. The molecule has 0 bridgehead atoms. The maximum absolute atomic E-state index is 5.55. The van der Waals surface area contributed by atoms with Gasteiger partial charge < -0.3 is 9.80 Å². The van der Waals surface area contributed by atoms with Crippen LogP contribution in [0.1, 0.15) is 24.1 Å². The number of nitrogens with zero attached hydrogens (tertiary/aromatic N) is 5. The fourth-order valence-corrected chi connectivity index (χ4v) is 3.67.